The van der Waals surface area contributed by atoms with Crippen LogP contribution in [-0.2, 0) is 24.2 Å². The molecule has 0 atom stereocenters. The quantitative estimate of drug-likeness (QED) is 0.180. The van der Waals surface area contributed by atoms with E-state index in [-0.39, 0.29) is 5.69 Å². The molecular formula is C36H35F2N7O3. The molecule has 0 spiro atoms. The molecule has 0 N–H and O–H groups in total. The molecule has 0 amide bonds. The number of morpholine rings is 1. The van der Waals surface area contributed by atoms with Crippen LogP contribution < -0.4 is 24.2 Å². The lowest BCUT2D eigenvalue weighted by atomic mass is 10.1. The first-order valence-electron chi connectivity index (χ1n) is 15.8. The maximum absolute atomic E-state index is 15.0. The summed E-state index contributed by atoms with van der Waals surface area (Å²) in [6, 6.07) is 19.5. The average Bonchev–Trinajstić information content (AvgIpc) is 3.56. The average molecular weight is 652 g/mol. The van der Waals surface area contributed by atoms with E-state index in [1.54, 1.807) is 31.5 Å². The van der Waals surface area contributed by atoms with Crippen LogP contribution in [0.5, 0.6) is 11.5 Å². The van der Waals surface area contributed by atoms with Crippen molar-refractivity contribution in [3.05, 3.63) is 107 Å². The Morgan fingerprint density at radius 1 is 0.792 bits per heavy atom. The Bertz CT molecular complexity index is 1820. The molecule has 0 saturated carbocycles. The van der Waals surface area contributed by atoms with Gasteiger partial charge in [0, 0.05) is 62.3 Å². The van der Waals surface area contributed by atoms with Crippen LogP contribution in [0.25, 0.3) is 11.3 Å². The number of hydrogen-bond acceptors (Lipinski definition) is 10. The van der Waals surface area contributed by atoms with Crippen LogP contribution >= 0.6 is 0 Å². The van der Waals surface area contributed by atoms with Crippen molar-refractivity contribution >= 4 is 23.4 Å². The largest absolute Gasteiger partial charge is 0.497 e. The summed E-state index contributed by atoms with van der Waals surface area (Å²) in [5, 5.41) is 0. The molecule has 0 aliphatic carbocycles. The van der Waals surface area contributed by atoms with Crippen molar-refractivity contribution in [3.63, 3.8) is 0 Å². The number of fused-ring (bicyclic) bond motifs is 1. The number of methoxy groups -OCH3 is 2. The molecule has 3 aromatic carbocycles. The predicted octanol–water partition coefficient (Wildman–Crippen LogP) is 5.97. The summed E-state index contributed by atoms with van der Waals surface area (Å²) in [5.74, 6) is 1.98. The van der Waals surface area contributed by atoms with Crippen LogP contribution in [0.15, 0.2) is 79.1 Å². The van der Waals surface area contributed by atoms with E-state index < -0.39 is 11.6 Å². The molecule has 246 valence electrons. The Kier molecular flexibility index (Phi) is 8.97. The van der Waals surface area contributed by atoms with Crippen LogP contribution in [0.1, 0.15) is 16.7 Å². The fourth-order valence-electron chi connectivity index (χ4n) is 6.03. The molecular weight excluding hydrogens is 616 g/mol. The van der Waals surface area contributed by atoms with Crippen LogP contribution in [0.2, 0.25) is 0 Å². The first kappa shape index (κ1) is 31.3. The smallest absolute Gasteiger partial charge is 0.228 e. The second kappa shape index (κ2) is 13.8. The second-order valence-corrected chi connectivity index (χ2v) is 11.6. The molecule has 0 bridgehead atoms. The summed E-state index contributed by atoms with van der Waals surface area (Å²) < 4.78 is 45.0. The first-order valence-corrected chi connectivity index (χ1v) is 15.8. The van der Waals surface area contributed by atoms with Crippen LogP contribution in [-0.4, -0.2) is 67.0 Å². The summed E-state index contributed by atoms with van der Waals surface area (Å²) in [6.45, 7) is 3.98. The van der Waals surface area contributed by atoms with E-state index in [1.165, 1.54) is 12.1 Å². The zero-order chi connectivity index (χ0) is 33.0. The van der Waals surface area contributed by atoms with Gasteiger partial charge in [0.25, 0.3) is 0 Å². The molecule has 0 unspecified atom stereocenters. The van der Waals surface area contributed by atoms with Crippen molar-refractivity contribution in [3.8, 4) is 22.8 Å². The van der Waals surface area contributed by atoms with Gasteiger partial charge < -0.3 is 28.9 Å². The number of anilines is 4. The summed E-state index contributed by atoms with van der Waals surface area (Å²) >= 11 is 0. The Labute approximate surface area is 277 Å². The SMILES string of the molecule is COc1ccc(CN(Cc2ccc(OC)cc2)c2ncc(-c3nc(N4CCOCC4)nc4c3CCN4c3ccc(F)cc3F)cn2)cc1. The highest BCUT2D eigenvalue weighted by atomic mass is 19.1. The molecule has 4 heterocycles. The number of aromatic nitrogens is 4. The predicted molar refractivity (Wildman–Crippen MR) is 179 cm³/mol. The number of hydrogen-bond donors (Lipinski definition) is 0. The molecule has 2 aromatic heterocycles. The van der Waals surface area contributed by atoms with Gasteiger partial charge in [0.05, 0.1) is 38.8 Å². The van der Waals surface area contributed by atoms with Crippen molar-refractivity contribution in [2.75, 3.05) is 61.8 Å². The monoisotopic (exact) mass is 651 g/mol. The molecule has 10 nitrogen and oxygen atoms in total. The van der Waals surface area contributed by atoms with Gasteiger partial charge in [-0.25, -0.2) is 23.7 Å². The van der Waals surface area contributed by atoms with Crippen molar-refractivity contribution in [1.82, 2.24) is 19.9 Å². The van der Waals surface area contributed by atoms with Crippen molar-refractivity contribution < 1.29 is 23.0 Å². The number of benzene rings is 3. The minimum absolute atomic E-state index is 0.270. The van der Waals surface area contributed by atoms with E-state index in [0.29, 0.717) is 75.8 Å². The van der Waals surface area contributed by atoms with Gasteiger partial charge in [-0.15, -0.1) is 0 Å². The maximum atomic E-state index is 15.0. The number of rotatable bonds is 10. The minimum Gasteiger partial charge on any atom is -0.497 e. The van der Waals surface area contributed by atoms with E-state index in [4.69, 9.17) is 34.1 Å². The van der Waals surface area contributed by atoms with E-state index in [0.717, 1.165) is 39.8 Å². The Balaban J connectivity index is 1.24. The fraction of sp³-hybridized carbons (Fsp3) is 0.278. The highest BCUT2D eigenvalue weighted by Gasteiger charge is 2.31. The van der Waals surface area contributed by atoms with E-state index in [2.05, 4.69) is 9.80 Å². The van der Waals surface area contributed by atoms with Gasteiger partial charge in [-0.2, -0.15) is 4.98 Å². The second-order valence-electron chi connectivity index (χ2n) is 11.6. The lowest BCUT2D eigenvalue weighted by Crippen LogP contribution is -2.37. The zero-order valence-electron chi connectivity index (χ0n) is 26.8. The van der Waals surface area contributed by atoms with Gasteiger partial charge in [-0.3, -0.25) is 0 Å². The van der Waals surface area contributed by atoms with E-state index in [9.17, 15) is 8.78 Å². The molecule has 12 heteroatoms. The normalized spacial score (nSPS) is 14.2. The van der Waals surface area contributed by atoms with E-state index in [1.807, 2.05) is 48.5 Å². The third-order valence-corrected chi connectivity index (χ3v) is 8.57. The number of nitrogens with zero attached hydrogens (tertiary/aromatic N) is 7. The molecule has 1 fully saturated rings. The Morgan fingerprint density at radius 3 is 2.00 bits per heavy atom. The Hall–Kier alpha value is -5.36. The number of halogens is 2. The van der Waals surface area contributed by atoms with Gasteiger partial charge in [0.15, 0.2) is 0 Å². The molecule has 2 aliphatic heterocycles. The third-order valence-electron chi connectivity index (χ3n) is 8.57. The third kappa shape index (κ3) is 6.56. The van der Waals surface area contributed by atoms with Crippen LogP contribution in [0.3, 0.4) is 0 Å². The summed E-state index contributed by atoms with van der Waals surface area (Å²) in [6.07, 6.45) is 4.14. The highest BCUT2D eigenvalue weighted by Crippen LogP contribution is 2.40. The summed E-state index contributed by atoms with van der Waals surface area (Å²) in [5.41, 5.74) is 4.70. The van der Waals surface area contributed by atoms with Gasteiger partial charge in [-0.1, -0.05) is 24.3 Å². The minimum atomic E-state index is -0.641. The lowest BCUT2D eigenvalue weighted by Gasteiger charge is -2.28. The fourth-order valence-corrected chi connectivity index (χ4v) is 6.03. The molecule has 5 aromatic rings. The summed E-state index contributed by atoms with van der Waals surface area (Å²) in [7, 11) is 3.30. The number of ether oxygens (including phenoxy) is 3. The standard InChI is InChI=1S/C36H35F2N7O3/c1-46-28-8-3-24(4-9-28)22-44(23-25-5-10-29(47-2)11-6-25)35-39-20-26(21-40-35)33-30-13-14-45(32-12-7-27(37)19-31(32)38)34(30)42-36(41-33)43-15-17-48-18-16-43/h3-12,19-21H,13-18,22-23H2,1-2H3. The van der Waals surface area contributed by atoms with Crippen molar-refractivity contribution in [2.45, 2.75) is 19.5 Å². The van der Waals surface area contributed by atoms with Crippen molar-refractivity contribution in [1.29, 1.82) is 0 Å². The molecule has 1 saturated heterocycles. The van der Waals surface area contributed by atoms with Crippen LogP contribution in [0, 0.1) is 11.6 Å². The van der Waals surface area contributed by atoms with Gasteiger partial charge in [0.2, 0.25) is 11.9 Å². The molecule has 2 aliphatic rings. The van der Waals surface area contributed by atoms with Gasteiger partial charge in [-0.05, 0) is 53.9 Å². The topological polar surface area (TPSA) is 89.0 Å². The van der Waals surface area contributed by atoms with Crippen LogP contribution in [0.4, 0.5) is 32.2 Å². The molecule has 7 rings (SSSR count). The first-order chi connectivity index (χ1) is 23.5. The maximum Gasteiger partial charge on any atom is 0.228 e. The highest BCUT2D eigenvalue weighted by molar-refractivity contribution is 5.77. The lowest BCUT2D eigenvalue weighted by molar-refractivity contribution is 0.122. The van der Waals surface area contributed by atoms with Gasteiger partial charge in [0.1, 0.15) is 29.0 Å². The van der Waals surface area contributed by atoms with Gasteiger partial charge >= 0.3 is 0 Å². The van der Waals surface area contributed by atoms with E-state index >= 15 is 0 Å². The Morgan fingerprint density at radius 2 is 1.42 bits per heavy atom. The zero-order valence-corrected chi connectivity index (χ0v) is 26.8. The molecule has 48 heavy (non-hydrogen) atoms. The van der Waals surface area contributed by atoms with Crippen molar-refractivity contribution in [2.24, 2.45) is 0 Å². The molecule has 0 radical (unpaired) electrons. The summed E-state index contributed by atoms with van der Waals surface area (Å²) in [4.78, 5) is 25.6.